The molecule has 16 heavy (non-hydrogen) atoms. The molecular weight excluding hydrogens is 208 g/mol. The summed E-state index contributed by atoms with van der Waals surface area (Å²) >= 11 is 0. The largest absolute Gasteiger partial charge is 0.481 e. The highest BCUT2D eigenvalue weighted by atomic mass is 16.6. The van der Waals surface area contributed by atoms with Crippen molar-refractivity contribution in [2.75, 3.05) is 0 Å². The summed E-state index contributed by atoms with van der Waals surface area (Å²) in [6.45, 7) is 3.78. The number of allylic oxidation sites excluding steroid dienone is 1. The Morgan fingerprint density at radius 1 is 1.50 bits per heavy atom. The van der Waals surface area contributed by atoms with Crippen LogP contribution in [0.1, 0.15) is 20.3 Å². The van der Waals surface area contributed by atoms with Crippen LogP contribution in [0.4, 0.5) is 0 Å². The van der Waals surface area contributed by atoms with Crippen molar-refractivity contribution >= 4 is 11.9 Å². The molecule has 0 unspecified atom stereocenters. The molecule has 1 saturated heterocycles. The predicted molar refractivity (Wildman–Crippen MR) is 56.6 cm³/mol. The molecule has 1 aliphatic heterocycles. The number of hydrogen-bond donors (Lipinski definition) is 1. The number of fused-ring (bicyclic) bond motifs is 1. The van der Waals surface area contributed by atoms with Crippen molar-refractivity contribution in [3.63, 3.8) is 0 Å². The van der Waals surface area contributed by atoms with Crippen molar-refractivity contribution in [1.29, 1.82) is 0 Å². The number of hydrogen-bond acceptors (Lipinski definition) is 3. The van der Waals surface area contributed by atoms with E-state index in [4.69, 9.17) is 4.74 Å². The van der Waals surface area contributed by atoms with Gasteiger partial charge in [-0.05, 0) is 12.3 Å². The van der Waals surface area contributed by atoms with E-state index in [-0.39, 0.29) is 23.9 Å². The molecule has 5 atom stereocenters. The van der Waals surface area contributed by atoms with Crippen molar-refractivity contribution in [2.24, 2.45) is 23.7 Å². The lowest BCUT2D eigenvalue weighted by molar-refractivity contribution is -0.154. The molecule has 0 spiro atoms. The van der Waals surface area contributed by atoms with Crippen LogP contribution >= 0.6 is 0 Å². The lowest BCUT2D eigenvalue weighted by atomic mass is 9.70. The number of esters is 1. The highest BCUT2D eigenvalue weighted by Crippen LogP contribution is 2.43. The van der Waals surface area contributed by atoms with Crippen LogP contribution in [0.5, 0.6) is 0 Å². The molecule has 0 saturated carbocycles. The zero-order valence-electron chi connectivity index (χ0n) is 9.42. The Kier molecular flexibility index (Phi) is 2.74. The highest BCUT2D eigenvalue weighted by molar-refractivity contribution is 5.84. The minimum absolute atomic E-state index is 0.0604. The summed E-state index contributed by atoms with van der Waals surface area (Å²) in [4.78, 5) is 22.9. The van der Waals surface area contributed by atoms with Gasteiger partial charge in [0.15, 0.2) is 0 Å². The third-order valence-electron chi connectivity index (χ3n) is 3.66. The van der Waals surface area contributed by atoms with E-state index in [0.717, 1.165) is 6.42 Å². The van der Waals surface area contributed by atoms with Crippen molar-refractivity contribution in [1.82, 2.24) is 0 Å². The molecule has 1 aliphatic carbocycles. The molecule has 0 radical (unpaired) electrons. The highest BCUT2D eigenvalue weighted by Gasteiger charge is 2.52. The van der Waals surface area contributed by atoms with Crippen molar-refractivity contribution < 1.29 is 19.4 Å². The molecule has 1 fully saturated rings. The molecule has 0 bridgehead atoms. The fourth-order valence-corrected chi connectivity index (χ4v) is 2.81. The molecule has 4 heteroatoms. The molecule has 2 aliphatic rings. The Morgan fingerprint density at radius 3 is 2.75 bits per heavy atom. The minimum Gasteiger partial charge on any atom is -0.481 e. The summed E-state index contributed by atoms with van der Waals surface area (Å²) in [5.41, 5.74) is 0. The summed E-state index contributed by atoms with van der Waals surface area (Å²) in [7, 11) is 0. The van der Waals surface area contributed by atoms with E-state index < -0.39 is 17.8 Å². The van der Waals surface area contributed by atoms with Crippen LogP contribution in [0.2, 0.25) is 0 Å². The average Bonchev–Trinajstić information content (AvgIpc) is 2.55. The van der Waals surface area contributed by atoms with Gasteiger partial charge in [-0.2, -0.15) is 0 Å². The Hall–Kier alpha value is -1.32. The zero-order chi connectivity index (χ0) is 11.9. The smallest absolute Gasteiger partial charge is 0.310 e. The summed E-state index contributed by atoms with van der Waals surface area (Å²) in [6.07, 6.45) is 4.43. The minimum atomic E-state index is -0.902. The molecule has 88 valence electrons. The second-order valence-electron chi connectivity index (χ2n) is 4.59. The van der Waals surface area contributed by atoms with E-state index in [2.05, 4.69) is 0 Å². The van der Waals surface area contributed by atoms with Crippen LogP contribution in [-0.4, -0.2) is 23.1 Å². The predicted octanol–water partition coefficient (Wildman–Crippen LogP) is 1.46. The number of ether oxygens (including phenoxy) is 1. The third kappa shape index (κ3) is 1.52. The lowest BCUT2D eigenvalue weighted by Crippen LogP contribution is -2.38. The Bertz CT molecular complexity index is 347. The lowest BCUT2D eigenvalue weighted by Gasteiger charge is -2.29. The molecule has 1 heterocycles. The van der Waals surface area contributed by atoms with Crippen molar-refractivity contribution in [3.8, 4) is 0 Å². The fourth-order valence-electron chi connectivity index (χ4n) is 2.81. The van der Waals surface area contributed by atoms with E-state index in [1.54, 1.807) is 0 Å². The van der Waals surface area contributed by atoms with Gasteiger partial charge >= 0.3 is 11.9 Å². The maximum Gasteiger partial charge on any atom is 0.310 e. The molecule has 2 rings (SSSR count). The summed E-state index contributed by atoms with van der Waals surface area (Å²) in [5.74, 6) is -2.56. The first-order valence-electron chi connectivity index (χ1n) is 5.68. The van der Waals surface area contributed by atoms with Gasteiger partial charge in [-0.3, -0.25) is 9.59 Å². The van der Waals surface area contributed by atoms with Gasteiger partial charge in [0.1, 0.15) is 6.10 Å². The number of rotatable bonds is 2. The number of carbonyl (C=O) groups is 2. The van der Waals surface area contributed by atoms with Crippen molar-refractivity contribution in [3.05, 3.63) is 12.2 Å². The van der Waals surface area contributed by atoms with Crippen LogP contribution in [0.25, 0.3) is 0 Å². The Morgan fingerprint density at radius 2 is 2.19 bits per heavy atom. The van der Waals surface area contributed by atoms with E-state index >= 15 is 0 Å². The molecule has 0 aromatic heterocycles. The normalized spacial score (nSPS) is 41.6. The standard InChI is InChI=1S/C12H16O4/c1-3-8-7-5-4-6(2)9(11(13)14)10(7)12(15)16-8/h4-10H,3H2,1-2H3,(H,13,14)/t6-,7-,8-,9-,10+/m0/s1. The topological polar surface area (TPSA) is 63.6 Å². The molecule has 4 nitrogen and oxygen atoms in total. The number of aliphatic carboxylic acids is 1. The monoisotopic (exact) mass is 224 g/mol. The first kappa shape index (κ1) is 11.2. The van der Waals surface area contributed by atoms with E-state index in [9.17, 15) is 14.7 Å². The van der Waals surface area contributed by atoms with Gasteiger partial charge in [-0.15, -0.1) is 0 Å². The van der Waals surface area contributed by atoms with Gasteiger partial charge in [-0.1, -0.05) is 26.0 Å². The van der Waals surface area contributed by atoms with Crippen LogP contribution < -0.4 is 0 Å². The molecular formula is C12H16O4. The summed E-state index contributed by atoms with van der Waals surface area (Å²) in [5, 5.41) is 9.19. The van der Waals surface area contributed by atoms with E-state index in [0.29, 0.717) is 0 Å². The second-order valence-corrected chi connectivity index (χ2v) is 4.59. The maximum atomic E-state index is 11.7. The molecule has 0 amide bonds. The maximum absolute atomic E-state index is 11.7. The molecule has 0 aromatic carbocycles. The fraction of sp³-hybridized carbons (Fsp3) is 0.667. The van der Waals surface area contributed by atoms with Gasteiger partial charge in [0, 0.05) is 5.92 Å². The van der Waals surface area contributed by atoms with Gasteiger partial charge in [0.2, 0.25) is 0 Å². The van der Waals surface area contributed by atoms with Crippen molar-refractivity contribution in [2.45, 2.75) is 26.4 Å². The zero-order valence-corrected chi connectivity index (χ0v) is 9.42. The van der Waals surface area contributed by atoms with E-state index in [1.165, 1.54) is 0 Å². The third-order valence-corrected chi connectivity index (χ3v) is 3.66. The van der Waals surface area contributed by atoms with Crippen LogP contribution in [-0.2, 0) is 14.3 Å². The average molecular weight is 224 g/mol. The quantitative estimate of drug-likeness (QED) is 0.569. The molecule has 0 aromatic rings. The molecule has 1 N–H and O–H groups in total. The number of carbonyl (C=O) groups excluding carboxylic acids is 1. The number of carboxylic acid groups (broad SMARTS) is 1. The van der Waals surface area contributed by atoms with Crippen LogP contribution in [0.15, 0.2) is 12.2 Å². The first-order chi connectivity index (χ1) is 7.56. The first-order valence-corrected chi connectivity index (χ1v) is 5.68. The number of carboxylic acids is 1. The van der Waals surface area contributed by atoms with E-state index in [1.807, 2.05) is 26.0 Å². The summed E-state index contributed by atoms with van der Waals surface area (Å²) < 4.78 is 5.23. The van der Waals surface area contributed by atoms with Gasteiger partial charge in [0.25, 0.3) is 0 Å². The van der Waals surface area contributed by atoms with Gasteiger partial charge < -0.3 is 9.84 Å². The van der Waals surface area contributed by atoms with Crippen LogP contribution in [0, 0.1) is 23.7 Å². The summed E-state index contributed by atoms with van der Waals surface area (Å²) in [6, 6.07) is 0. The van der Waals surface area contributed by atoms with Gasteiger partial charge in [-0.25, -0.2) is 0 Å². The SMILES string of the molecule is CC[C@@H]1OC(=O)[C@@H]2[C@H]1C=C[C@H](C)[C@@H]2C(=O)O. The Labute approximate surface area is 94.3 Å². The Balaban J connectivity index is 2.34. The number of cyclic esters (lactones) is 1. The van der Waals surface area contributed by atoms with Gasteiger partial charge in [0.05, 0.1) is 11.8 Å². The van der Waals surface area contributed by atoms with Crippen LogP contribution in [0.3, 0.4) is 0 Å². The second kappa shape index (κ2) is 3.92.